The molecule has 5 nitrogen and oxygen atoms in total. The summed E-state index contributed by atoms with van der Waals surface area (Å²) in [5.41, 5.74) is 4.70. The summed E-state index contributed by atoms with van der Waals surface area (Å²) in [5, 5.41) is 6.35. The van der Waals surface area contributed by atoms with Crippen molar-refractivity contribution in [2.24, 2.45) is 5.92 Å². The van der Waals surface area contributed by atoms with E-state index in [1.807, 2.05) is 24.7 Å². The molecule has 2 heterocycles. The molecule has 0 saturated carbocycles. The minimum absolute atomic E-state index is 0. The first-order chi connectivity index (χ1) is 13.3. The van der Waals surface area contributed by atoms with Gasteiger partial charge in [-0.25, -0.2) is 4.98 Å². The van der Waals surface area contributed by atoms with E-state index in [0.717, 1.165) is 42.7 Å². The van der Waals surface area contributed by atoms with Gasteiger partial charge >= 0.3 is 0 Å². The molecule has 1 unspecified atom stereocenters. The number of rotatable bonds is 6. The number of nitrogens with one attached hydrogen (secondary N) is 2. The average Bonchev–Trinajstić information content (AvgIpc) is 3.41. The molecule has 0 spiro atoms. The lowest BCUT2D eigenvalue weighted by atomic mass is 9.98. The van der Waals surface area contributed by atoms with Gasteiger partial charge in [0, 0.05) is 32.0 Å². The maximum atomic E-state index is 12.3. The summed E-state index contributed by atoms with van der Waals surface area (Å²) in [5.74, 6) is 0.241. The Hall–Kier alpha value is -2.34. The average molecular weight is 433 g/mol. The predicted molar refractivity (Wildman–Crippen MR) is 121 cm³/mol. The molecule has 1 saturated heterocycles. The molecule has 29 heavy (non-hydrogen) atoms. The Balaban J connectivity index is 0.00000150. The second kappa shape index (κ2) is 11.0. The van der Waals surface area contributed by atoms with Crippen LogP contribution in [-0.4, -0.2) is 28.5 Å². The van der Waals surface area contributed by atoms with Gasteiger partial charge < -0.3 is 15.2 Å². The summed E-state index contributed by atoms with van der Waals surface area (Å²) in [4.78, 5) is 16.4. The number of nitrogens with zero attached hydrogens (tertiary/aromatic N) is 2. The van der Waals surface area contributed by atoms with Crippen LogP contribution in [0, 0.1) is 5.92 Å². The maximum absolute atomic E-state index is 12.3. The highest BCUT2D eigenvalue weighted by molar-refractivity contribution is 5.85. The number of carbonyl (C=O) groups is 1. The third-order valence-electron chi connectivity index (χ3n) is 5.09. The van der Waals surface area contributed by atoms with Gasteiger partial charge in [0.2, 0.25) is 5.91 Å². The van der Waals surface area contributed by atoms with Gasteiger partial charge in [-0.3, -0.25) is 4.79 Å². The summed E-state index contributed by atoms with van der Waals surface area (Å²) in [6.07, 6.45) is 6.50. The molecule has 0 radical (unpaired) electrons. The molecule has 0 bridgehead atoms. The zero-order valence-electron chi connectivity index (χ0n) is 16.1. The Bertz CT molecular complexity index is 891. The van der Waals surface area contributed by atoms with Crippen LogP contribution < -0.4 is 10.6 Å². The number of carbonyl (C=O) groups excluding carboxylic acids is 1. The molecule has 154 valence electrons. The summed E-state index contributed by atoms with van der Waals surface area (Å²) >= 11 is 0. The number of halogens is 2. The molecule has 1 aliphatic rings. The number of hydrogen-bond donors (Lipinski definition) is 2. The lowest BCUT2D eigenvalue weighted by Gasteiger charge is -2.14. The van der Waals surface area contributed by atoms with Crippen LogP contribution in [0.15, 0.2) is 67.3 Å². The van der Waals surface area contributed by atoms with Gasteiger partial charge in [-0.15, -0.1) is 24.8 Å². The van der Waals surface area contributed by atoms with Crippen LogP contribution in [0.3, 0.4) is 0 Å². The highest BCUT2D eigenvalue weighted by Crippen LogP contribution is 2.24. The molecule has 4 rings (SSSR count). The fourth-order valence-corrected chi connectivity index (χ4v) is 3.54. The van der Waals surface area contributed by atoms with E-state index in [2.05, 4.69) is 56.6 Å². The highest BCUT2D eigenvalue weighted by Gasteiger charge is 2.22. The number of aromatic nitrogens is 2. The zero-order valence-corrected chi connectivity index (χ0v) is 17.7. The summed E-state index contributed by atoms with van der Waals surface area (Å²) in [7, 11) is 0. The van der Waals surface area contributed by atoms with Crippen LogP contribution >= 0.6 is 24.8 Å². The van der Waals surface area contributed by atoms with E-state index in [-0.39, 0.29) is 36.6 Å². The van der Waals surface area contributed by atoms with Crippen molar-refractivity contribution in [1.82, 2.24) is 20.2 Å². The summed E-state index contributed by atoms with van der Waals surface area (Å²) in [6.45, 7) is 3.08. The van der Waals surface area contributed by atoms with Gasteiger partial charge in [0.25, 0.3) is 0 Å². The Morgan fingerprint density at radius 2 is 1.93 bits per heavy atom. The van der Waals surface area contributed by atoms with Gasteiger partial charge in [-0.2, -0.15) is 0 Å². The lowest BCUT2D eigenvalue weighted by molar-refractivity contribution is -0.124. The molecule has 2 aromatic carbocycles. The van der Waals surface area contributed by atoms with Crippen LogP contribution in [-0.2, 0) is 17.9 Å². The number of amides is 1. The van der Waals surface area contributed by atoms with Crippen LogP contribution in [0.5, 0.6) is 0 Å². The lowest BCUT2D eigenvalue weighted by Crippen LogP contribution is -2.31. The molecule has 1 amide bonds. The predicted octanol–water partition coefficient (Wildman–Crippen LogP) is 3.67. The second-order valence-electron chi connectivity index (χ2n) is 7.00. The smallest absolute Gasteiger partial charge is 0.224 e. The van der Waals surface area contributed by atoms with Gasteiger partial charge in [-0.05, 0) is 35.2 Å². The van der Waals surface area contributed by atoms with E-state index in [0.29, 0.717) is 6.54 Å². The normalized spacial score (nSPS) is 15.2. The van der Waals surface area contributed by atoms with E-state index in [1.165, 1.54) is 5.56 Å². The van der Waals surface area contributed by atoms with Crippen molar-refractivity contribution >= 4 is 30.7 Å². The molecule has 1 atom stereocenters. The Kier molecular flexibility index (Phi) is 8.70. The van der Waals surface area contributed by atoms with Crippen LogP contribution in [0.2, 0.25) is 0 Å². The first-order valence-corrected chi connectivity index (χ1v) is 9.41. The molecule has 2 N–H and O–H groups in total. The molecule has 1 aliphatic heterocycles. The number of imidazole rings is 1. The van der Waals surface area contributed by atoms with Crippen molar-refractivity contribution in [2.45, 2.75) is 19.5 Å². The second-order valence-corrected chi connectivity index (χ2v) is 7.00. The van der Waals surface area contributed by atoms with E-state index < -0.39 is 0 Å². The quantitative estimate of drug-likeness (QED) is 0.624. The van der Waals surface area contributed by atoms with Crippen molar-refractivity contribution in [3.8, 4) is 11.1 Å². The summed E-state index contributed by atoms with van der Waals surface area (Å²) < 4.78 is 2.05. The third kappa shape index (κ3) is 5.82. The summed E-state index contributed by atoms with van der Waals surface area (Å²) in [6, 6.07) is 16.9. The molecule has 1 aromatic heterocycles. The fraction of sp³-hybridized carbons (Fsp3) is 0.273. The standard InChI is InChI=1S/C22H24N4O.2ClH/c27-22(20-9-10-23-13-20)25-14-19-3-1-2-4-21(19)18-7-5-17(6-8-18)15-26-12-11-24-16-26;;/h1-8,11-12,16,20,23H,9-10,13-15H2,(H,25,27);2*1H. The highest BCUT2D eigenvalue weighted by atomic mass is 35.5. The van der Waals surface area contributed by atoms with Gasteiger partial charge in [0.1, 0.15) is 0 Å². The van der Waals surface area contributed by atoms with Gasteiger partial charge in [0.15, 0.2) is 0 Å². The molecular weight excluding hydrogens is 407 g/mol. The molecule has 1 fully saturated rings. The monoisotopic (exact) mass is 432 g/mol. The first-order valence-electron chi connectivity index (χ1n) is 9.41. The van der Waals surface area contributed by atoms with Crippen molar-refractivity contribution in [2.75, 3.05) is 13.1 Å². The van der Waals surface area contributed by atoms with Crippen LogP contribution in [0.1, 0.15) is 17.5 Å². The Morgan fingerprint density at radius 3 is 2.62 bits per heavy atom. The van der Waals surface area contributed by atoms with Crippen molar-refractivity contribution < 1.29 is 4.79 Å². The molecule has 0 aliphatic carbocycles. The number of benzene rings is 2. The van der Waals surface area contributed by atoms with E-state index in [1.54, 1.807) is 6.20 Å². The van der Waals surface area contributed by atoms with Gasteiger partial charge in [0.05, 0.1) is 12.2 Å². The first kappa shape index (κ1) is 22.9. The topological polar surface area (TPSA) is 59.0 Å². The van der Waals surface area contributed by atoms with Gasteiger partial charge in [-0.1, -0.05) is 48.5 Å². The SMILES string of the molecule is Cl.Cl.O=C(NCc1ccccc1-c1ccc(Cn2ccnc2)cc1)C1CCNC1. The largest absolute Gasteiger partial charge is 0.352 e. The number of hydrogen-bond acceptors (Lipinski definition) is 3. The molecule has 7 heteroatoms. The molecular formula is C22H26Cl2N4O. The third-order valence-corrected chi connectivity index (χ3v) is 5.09. The van der Waals surface area contributed by atoms with Crippen LogP contribution in [0.25, 0.3) is 11.1 Å². The maximum Gasteiger partial charge on any atom is 0.224 e. The zero-order chi connectivity index (χ0) is 18.5. The minimum atomic E-state index is 0. The van der Waals surface area contributed by atoms with Crippen LogP contribution in [0.4, 0.5) is 0 Å². The Labute approximate surface area is 183 Å². The van der Waals surface area contributed by atoms with Crippen molar-refractivity contribution in [1.29, 1.82) is 0 Å². The minimum Gasteiger partial charge on any atom is -0.352 e. The fourth-order valence-electron chi connectivity index (χ4n) is 3.54. The van der Waals surface area contributed by atoms with E-state index >= 15 is 0 Å². The van der Waals surface area contributed by atoms with Crippen molar-refractivity contribution in [3.63, 3.8) is 0 Å². The molecule has 3 aromatic rings. The van der Waals surface area contributed by atoms with Crippen molar-refractivity contribution in [3.05, 3.63) is 78.4 Å². The van der Waals surface area contributed by atoms with E-state index in [4.69, 9.17) is 0 Å². The van der Waals surface area contributed by atoms with E-state index in [9.17, 15) is 4.79 Å². The Morgan fingerprint density at radius 1 is 1.14 bits per heavy atom.